The van der Waals surface area contributed by atoms with Crippen molar-refractivity contribution in [3.8, 4) is 5.75 Å². The van der Waals surface area contributed by atoms with Crippen molar-refractivity contribution in [2.45, 2.75) is 89.8 Å². The Morgan fingerprint density at radius 1 is 0.470 bits per heavy atom. The summed E-state index contributed by atoms with van der Waals surface area (Å²) in [5.41, 5.74) is 7.70. The number of halogens is 4. The number of pyridine rings is 5. The fraction of sp³-hybridized carbons (Fsp3) is 0.185. The molecule has 0 saturated carbocycles. The molecule has 7 N–H and O–H groups in total. The van der Waals surface area contributed by atoms with Gasteiger partial charge in [-0.15, -0.1) is 24.2 Å². The van der Waals surface area contributed by atoms with E-state index < -0.39 is 27.1 Å². The van der Waals surface area contributed by atoms with Gasteiger partial charge in [0.25, 0.3) is 0 Å². The summed E-state index contributed by atoms with van der Waals surface area (Å²) in [6.07, 6.45) is 17.1. The van der Waals surface area contributed by atoms with Crippen molar-refractivity contribution in [1.82, 2.24) is 24.9 Å². The standard InChI is InChI=1S/C15H14ClNO2S.C15H13NO4S.C15H15NO3S.C13H9NO3S.C7H6O2S.C7H8O.C6H4ClNO.C2H6O2.CH4.Cl2OS/c16-9-11-1-3-12(4-2-11)20-14-5-6-17-10-13(14)15-18-7-8-19-15;17-14(18)10-1-3-11(4-2-10)21-13-5-6-16-9-12(13)15-19-7-8-20-15;17-10-11-1-3-12(4-2-11)20-14-5-6-16-9-13(14)15-18-7-8-19-15;15-8-10-7-14-6-5-12(10)18-11-3-1-9(2-4-11)13(16)17;8-7(9)5-1-3-6(10)4-2-5;1-6-3-2-4-7(8)5-6;7-6-1-2-8-3-5(6)4-9;3-1-2-4;;1-4(2)3/h1-6,10,15H,7-9H2;1-6,9,15H,7-8H2,(H,17,18);1-6,9,15,17H,7-8,10H2;1-8H,(H,16,17);1-4,10H,(H,8,9);2-5,8H,1H3;1-4H;3-4H,1-2H2;1H4;. The third-order valence-electron chi connectivity index (χ3n) is 14.4. The Balaban J connectivity index is 0.000000241. The number of carbonyl (C=O) groups is 5. The van der Waals surface area contributed by atoms with Crippen LogP contribution in [0.15, 0.2) is 282 Å². The quantitative estimate of drug-likeness (QED) is 0.0161. The van der Waals surface area contributed by atoms with Crippen LogP contribution in [0.5, 0.6) is 5.75 Å². The van der Waals surface area contributed by atoms with Crippen LogP contribution < -0.4 is 0 Å². The Kier molecular flexibility index (Phi) is 46.4. The molecule has 0 radical (unpaired) electrons. The number of carboxylic acids is 3. The number of rotatable bonds is 19. The van der Waals surface area contributed by atoms with Gasteiger partial charge in [-0.25, -0.2) is 18.6 Å². The molecule has 6 aromatic carbocycles. The molecule has 0 atom stereocenters. The molecule has 0 unspecified atom stereocenters. The number of aliphatic hydroxyl groups excluding tert-OH is 3. The Morgan fingerprint density at radius 3 is 1.08 bits per heavy atom. The molecular formula is C81H79Cl4N5O19S6. The molecule has 5 aromatic heterocycles. The second-order valence-corrected chi connectivity index (χ2v) is 30.7. The number of aliphatic hydroxyl groups is 3. The molecule has 34 heteroatoms. The second-order valence-electron chi connectivity index (χ2n) is 22.5. The molecule has 3 fully saturated rings. The lowest BCUT2D eigenvalue weighted by Gasteiger charge is -2.13. The first-order valence-electron chi connectivity index (χ1n) is 33.6. The average molecular weight is 1760 g/mol. The molecule has 24 nitrogen and oxygen atoms in total. The molecule has 0 amide bonds. The monoisotopic (exact) mass is 1760 g/mol. The number of benzene rings is 6. The summed E-state index contributed by atoms with van der Waals surface area (Å²) in [7, 11) is 7.36. The van der Waals surface area contributed by atoms with E-state index in [2.05, 4.69) is 71.0 Å². The van der Waals surface area contributed by atoms with Crippen molar-refractivity contribution >= 4 is 144 Å². The molecule has 3 saturated heterocycles. The van der Waals surface area contributed by atoms with Gasteiger partial charge in [0.05, 0.1) is 86.7 Å². The molecule has 115 heavy (non-hydrogen) atoms. The summed E-state index contributed by atoms with van der Waals surface area (Å²) in [6, 6.07) is 52.0. The number of aromatic hydroxyl groups is 1. The van der Waals surface area contributed by atoms with Crippen LogP contribution in [0.3, 0.4) is 0 Å². The zero-order chi connectivity index (χ0) is 82.4. The predicted octanol–water partition coefficient (Wildman–Crippen LogP) is 18.1. The van der Waals surface area contributed by atoms with E-state index >= 15 is 0 Å². The fourth-order valence-electron chi connectivity index (χ4n) is 9.04. The number of hydrogen-bond acceptors (Lipinski definition) is 26. The molecule has 14 rings (SSSR count). The van der Waals surface area contributed by atoms with E-state index in [1.54, 1.807) is 134 Å². The lowest BCUT2D eigenvalue weighted by Crippen LogP contribution is -2.00. The highest BCUT2D eigenvalue weighted by atomic mass is 36.0. The maximum atomic E-state index is 10.9. The van der Waals surface area contributed by atoms with Crippen LogP contribution >= 0.6 is 104 Å². The number of aromatic carboxylic acids is 3. The van der Waals surface area contributed by atoms with Gasteiger partial charge in [0.2, 0.25) is 9.23 Å². The zero-order valence-electron chi connectivity index (χ0n) is 60.2. The number of hydrogen-bond donors (Lipinski definition) is 8. The largest absolute Gasteiger partial charge is 0.508 e. The number of aromatic nitrogens is 5. The van der Waals surface area contributed by atoms with Crippen molar-refractivity contribution in [3.63, 3.8) is 0 Å². The number of carboxylic acid groups (broad SMARTS) is 3. The minimum absolute atomic E-state index is 0. The minimum Gasteiger partial charge on any atom is -0.508 e. The van der Waals surface area contributed by atoms with Crippen molar-refractivity contribution in [2.24, 2.45) is 0 Å². The molecule has 3 aliphatic heterocycles. The van der Waals surface area contributed by atoms with Gasteiger partial charge in [0.15, 0.2) is 31.4 Å². The lowest BCUT2D eigenvalue weighted by molar-refractivity contribution is -0.0464. The van der Waals surface area contributed by atoms with Gasteiger partial charge in [-0.05, 0) is 163 Å². The first kappa shape index (κ1) is 96.9. The van der Waals surface area contributed by atoms with Gasteiger partial charge in [0.1, 0.15) is 5.75 Å². The van der Waals surface area contributed by atoms with E-state index in [1.807, 2.05) is 79.9 Å². The first-order valence-corrected chi connectivity index (χ1v) is 41.0. The molecule has 11 aromatic rings. The number of carbonyl (C=O) groups excluding carboxylic acids is 2. The maximum Gasteiger partial charge on any atom is 0.335 e. The number of nitrogens with zero attached hydrogens (tertiary/aromatic N) is 5. The van der Waals surface area contributed by atoms with Crippen molar-refractivity contribution in [1.29, 1.82) is 0 Å². The van der Waals surface area contributed by atoms with E-state index in [4.69, 9.17) is 91.6 Å². The first-order chi connectivity index (χ1) is 55.1. The summed E-state index contributed by atoms with van der Waals surface area (Å²) >= 11 is 21.6. The fourth-order valence-corrected chi connectivity index (χ4v) is 13.2. The van der Waals surface area contributed by atoms with Crippen LogP contribution in [0.2, 0.25) is 5.02 Å². The van der Waals surface area contributed by atoms with Crippen molar-refractivity contribution in [3.05, 3.63) is 304 Å². The number of ether oxygens (including phenoxy) is 6. The second kappa shape index (κ2) is 55.0. The van der Waals surface area contributed by atoms with E-state index in [9.17, 15) is 24.0 Å². The third-order valence-corrected chi connectivity index (χ3v) is 19.8. The van der Waals surface area contributed by atoms with Gasteiger partial charge >= 0.3 is 17.9 Å². The molecule has 8 heterocycles. The maximum absolute atomic E-state index is 10.9. The highest BCUT2D eigenvalue weighted by Gasteiger charge is 2.25. The summed E-state index contributed by atoms with van der Waals surface area (Å²) in [5.74, 6) is -1.92. The van der Waals surface area contributed by atoms with Crippen LogP contribution in [-0.4, -0.2) is 148 Å². The van der Waals surface area contributed by atoms with Crippen LogP contribution in [0.1, 0.15) is 111 Å². The van der Waals surface area contributed by atoms with E-state index in [0.29, 0.717) is 73.7 Å². The molecule has 606 valence electrons. The number of phenols is 1. The Hall–Kier alpha value is -8.68. The van der Waals surface area contributed by atoms with Gasteiger partial charge in [-0.3, -0.25) is 34.5 Å². The highest BCUT2D eigenvalue weighted by Crippen LogP contribution is 2.39. The van der Waals surface area contributed by atoms with Crippen LogP contribution in [0.4, 0.5) is 0 Å². The van der Waals surface area contributed by atoms with E-state index in [1.165, 1.54) is 66.4 Å². The molecule has 0 spiro atoms. The summed E-state index contributed by atoms with van der Waals surface area (Å²) in [6.45, 7) is 5.43. The van der Waals surface area contributed by atoms with Crippen LogP contribution in [-0.2, 0) is 50.1 Å². The van der Waals surface area contributed by atoms with Gasteiger partial charge < -0.3 is 64.2 Å². The van der Waals surface area contributed by atoms with Gasteiger partial charge in [0, 0.05) is 156 Å². The van der Waals surface area contributed by atoms with Crippen molar-refractivity contribution in [2.75, 3.05) is 52.9 Å². The molecular weight excluding hydrogens is 1680 g/mol. The highest BCUT2D eigenvalue weighted by molar-refractivity contribution is 8.26. The summed E-state index contributed by atoms with van der Waals surface area (Å²) in [4.78, 5) is 81.6. The number of aldehydes is 2. The summed E-state index contributed by atoms with van der Waals surface area (Å²) < 4.78 is 42.3. The molecule has 0 bridgehead atoms. The van der Waals surface area contributed by atoms with Gasteiger partial charge in [-0.2, -0.15) is 0 Å². The number of alkyl halides is 1. The Bertz CT molecular complexity index is 4630. The van der Waals surface area contributed by atoms with Crippen molar-refractivity contribution < 1.29 is 92.3 Å². The number of thiol groups is 1. The van der Waals surface area contributed by atoms with E-state index in [-0.39, 0.29) is 62.8 Å². The van der Waals surface area contributed by atoms with E-state index in [0.717, 1.165) is 83.7 Å². The zero-order valence-corrected chi connectivity index (χ0v) is 68.2. The van der Waals surface area contributed by atoms with Crippen LogP contribution in [0, 0.1) is 6.92 Å². The Labute approximate surface area is 708 Å². The number of phenolic OH excluding ortho intramolecular Hbond substituents is 1. The SMILES string of the molecule is C.Cc1cccc(O)c1.ClCc1ccc(Sc2ccncc2C2OCCO2)cc1.O=C(O)c1ccc(S)cc1.O=C(O)c1ccc(Sc2ccncc2C2OCCO2)cc1.O=Cc1cnccc1Cl.O=Cc1cnccc1Sc1ccc(C(=O)O)cc1.O=S(Cl)Cl.OCCO.OCc1ccc(Sc2ccncc2C2OCCO2)cc1. The lowest BCUT2D eigenvalue weighted by atomic mass is 10.2. The normalized spacial score (nSPS) is 12.5. The number of aryl methyl sites for hydroxylation is 1. The smallest absolute Gasteiger partial charge is 0.335 e. The average Bonchev–Trinajstić information content (AvgIpc) is 1.82. The topological polar surface area (TPSA) is 364 Å². The van der Waals surface area contributed by atoms with Crippen LogP contribution in [0.25, 0.3) is 0 Å². The van der Waals surface area contributed by atoms with Gasteiger partial charge in [-0.1, -0.05) is 102 Å². The Morgan fingerprint density at radius 2 is 0.783 bits per heavy atom. The summed E-state index contributed by atoms with van der Waals surface area (Å²) in [5, 5.41) is 59.7. The minimum atomic E-state index is -1.67. The molecule has 0 aliphatic carbocycles. The molecule has 3 aliphatic rings. The predicted molar refractivity (Wildman–Crippen MR) is 447 cm³/mol. The third kappa shape index (κ3) is 36.2.